The molecule has 17 heavy (non-hydrogen) atoms. The lowest BCUT2D eigenvalue weighted by atomic mass is 9.96. The zero-order chi connectivity index (χ0) is 12.8. The molecule has 1 atom stereocenters. The van der Waals surface area contributed by atoms with Gasteiger partial charge in [0.2, 0.25) is 0 Å². The van der Waals surface area contributed by atoms with Crippen molar-refractivity contribution in [2.75, 3.05) is 7.11 Å². The van der Waals surface area contributed by atoms with Gasteiger partial charge in [0.15, 0.2) is 0 Å². The average Bonchev–Trinajstić information content (AvgIpc) is 2.30. The van der Waals surface area contributed by atoms with E-state index in [1.54, 1.807) is 0 Å². The van der Waals surface area contributed by atoms with E-state index in [2.05, 4.69) is 4.74 Å². The highest BCUT2D eigenvalue weighted by Crippen LogP contribution is 2.14. The third-order valence-electron chi connectivity index (χ3n) is 2.39. The van der Waals surface area contributed by atoms with Crippen LogP contribution in [0.2, 0.25) is 0 Å². The maximum Gasteiger partial charge on any atom is 0.307 e. The van der Waals surface area contributed by atoms with Crippen LogP contribution in [0.4, 0.5) is 4.39 Å². The van der Waals surface area contributed by atoms with Crippen LogP contribution in [0.25, 0.3) is 0 Å². The molecule has 0 saturated carbocycles. The van der Waals surface area contributed by atoms with Crippen LogP contribution in [0.1, 0.15) is 12.0 Å². The van der Waals surface area contributed by atoms with E-state index in [0.717, 1.165) is 0 Å². The molecule has 4 nitrogen and oxygen atoms in total. The Labute approximate surface area is 98.0 Å². The first-order chi connectivity index (χ1) is 8.02. The maximum absolute atomic E-state index is 12.7. The number of carboxylic acids is 1. The Balaban J connectivity index is 2.70. The highest BCUT2D eigenvalue weighted by atomic mass is 19.1. The third-order valence-corrected chi connectivity index (χ3v) is 2.39. The van der Waals surface area contributed by atoms with Crippen LogP contribution in [0.5, 0.6) is 0 Å². The number of carbonyl (C=O) groups excluding carboxylic acids is 1. The van der Waals surface area contributed by atoms with Crippen LogP contribution in [-0.2, 0) is 20.7 Å². The molecule has 0 aliphatic carbocycles. The van der Waals surface area contributed by atoms with Crippen LogP contribution in [0.3, 0.4) is 0 Å². The summed E-state index contributed by atoms with van der Waals surface area (Å²) in [7, 11) is 1.21. The number of hydrogen-bond donors (Lipinski definition) is 1. The highest BCUT2D eigenvalue weighted by Gasteiger charge is 2.22. The third kappa shape index (κ3) is 4.22. The Morgan fingerprint density at radius 2 is 1.94 bits per heavy atom. The van der Waals surface area contributed by atoms with E-state index in [4.69, 9.17) is 5.11 Å². The van der Waals surface area contributed by atoms with Crippen molar-refractivity contribution in [3.05, 3.63) is 35.6 Å². The number of benzene rings is 1. The monoisotopic (exact) mass is 240 g/mol. The summed E-state index contributed by atoms with van der Waals surface area (Å²) in [4.78, 5) is 22.0. The normalized spacial score (nSPS) is 11.9. The van der Waals surface area contributed by atoms with Gasteiger partial charge in [0.25, 0.3) is 0 Å². The lowest BCUT2D eigenvalue weighted by Gasteiger charge is -2.10. The first kappa shape index (κ1) is 13.2. The van der Waals surface area contributed by atoms with Crippen LogP contribution in [0, 0.1) is 11.7 Å². The first-order valence-electron chi connectivity index (χ1n) is 5.07. The van der Waals surface area contributed by atoms with E-state index in [9.17, 15) is 14.0 Å². The largest absolute Gasteiger partial charge is 0.481 e. The van der Waals surface area contributed by atoms with E-state index in [1.165, 1.54) is 31.4 Å². The van der Waals surface area contributed by atoms with Crippen LogP contribution in [-0.4, -0.2) is 24.2 Å². The lowest BCUT2D eigenvalue weighted by molar-refractivity contribution is -0.149. The van der Waals surface area contributed by atoms with Gasteiger partial charge in [-0.2, -0.15) is 0 Å². The zero-order valence-corrected chi connectivity index (χ0v) is 9.35. The van der Waals surface area contributed by atoms with Crippen molar-refractivity contribution in [1.29, 1.82) is 0 Å². The Hall–Kier alpha value is -1.91. The van der Waals surface area contributed by atoms with Crippen molar-refractivity contribution in [1.82, 2.24) is 0 Å². The van der Waals surface area contributed by atoms with Crippen molar-refractivity contribution in [2.45, 2.75) is 12.8 Å². The van der Waals surface area contributed by atoms with Crippen molar-refractivity contribution >= 4 is 11.9 Å². The summed E-state index contributed by atoms with van der Waals surface area (Å²) in [6.45, 7) is 0. The predicted octanol–water partition coefficient (Wildman–Crippen LogP) is 1.63. The zero-order valence-electron chi connectivity index (χ0n) is 9.35. The van der Waals surface area contributed by atoms with Gasteiger partial charge in [0, 0.05) is 0 Å². The summed E-state index contributed by atoms with van der Waals surface area (Å²) >= 11 is 0. The van der Waals surface area contributed by atoms with E-state index in [-0.39, 0.29) is 18.7 Å². The molecular formula is C12H13FO4. The molecule has 0 amide bonds. The molecule has 0 aliphatic heterocycles. The summed E-state index contributed by atoms with van der Waals surface area (Å²) in [5, 5.41) is 8.95. The molecule has 0 radical (unpaired) electrons. The van der Waals surface area contributed by atoms with Gasteiger partial charge < -0.3 is 9.84 Å². The molecule has 0 aliphatic rings. The van der Waals surface area contributed by atoms with Gasteiger partial charge in [-0.05, 0) is 24.1 Å². The van der Waals surface area contributed by atoms with Crippen molar-refractivity contribution in [3.63, 3.8) is 0 Å². The molecule has 1 rings (SSSR count). The molecule has 1 aromatic rings. The van der Waals surface area contributed by atoms with Gasteiger partial charge in [-0.3, -0.25) is 9.59 Å². The van der Waals surface area contributed by atoms with Crippen LogP contribution < -0.4 is 0 Å². The molecule has 0 fully saturated rings. The Kier molecular flexibility index (Phi) is 4.63. The average molecular weight is 240 g/mol. The fourth-order valence-electron chi connectivity index (χ4n) is 1.44. The second-order valence-electron chi connectivity index (χ2n) is 3.65. The number of aliphatic carboxylic acids is 1. The van der Waals surface area contributed by atoms with E-state index in [0.29, 0.717) is 5.56 Å². The summed E-state index contributed by atoms with van der Waals surface area (Å²) in [5.74, 6) is -2.87. The molecular weight excluding hydrogens is 227 g/mol. The first-order valence-corrected chi connectivity index (χ1v) is 5.07. The smallest absolute Gasteiger partial charge is 0.307 e. The number of hydrogen-bond acceptors (Lipinski definition) is 3. The lowest BCUT2D eigenvalue weighted by Crippen LogP contribution is -2.21. The van der Waals surface area contributed by atoms with Crippen LogP contribution >= 0.6 is 0 Å². The van der Waals surface area contributed by atoms with Gasteiger partial charge in [0.05, 0.1) is 19.4 Å². The number of rotatable bonds is 5. The molecule has 5 heteroatoms. The van der Waals surface area contributed by atoms with Gasteiger partial charge in [-0.1, -0.05) is 12.1 Å². The van der Waals surface area contributed by atoms with Crippen molar-refractivity contribution in [2.24, 2.45) is 5.92 Å². The summed E-state index contributed by atoms with van der Waals surface area (Å²) in [5.41, 5.74) is 0.669. The second-order valence-corrected chi connectivity index (χ2v) is 3.65. The molecule has 0 heterocycles. The van der Waals surface area contributed by atoms with Crippen molar-refractivity contribution in [3.8, 4) is 0 Å². The predicted molar refractivity (Wildman–Crippen MR) is 57.9 cm³/mol. The number of carbonyl (C=O) groups is 2. The van der Waals surface area contributed by atoms with Gasteiger partial charge in [0.1, 0.15) is 5.82 Å². The molecule has 1 N–H and O–H groups in total. The van der Waals surface area contributed by atoms with Gasteiger partial charge in [-0.25, -0.2) is 4.39 Å². The van der Waals surface area contributed by atoms with Crippen molar-refractivity contribution < 1.29 is 23.8 Å². The molecule has 1 unspecified atom stereocenters. The molecule has 0 aromatic heterocycles. The minimum atomic E-state index is -1.07. The summed E-state index contributed by atoms with van der Waals surface area (Å²) in [6.07, 6.45) is -0.0199. The number of halogens is 1. The number of ether oxygens (including phenoxy) is 1. The maximum atomic E-state index is 12.7. The highest BCUT2D eigenvalue weighted by molar-refractivity contribution is 5.78. The topological polar surface area (TPSA) is 63.6 Å². The van der Waals surface area contributed by atoms with E-state index < -0.39 is 17.9 Å². The molecule has 1 aromatic carbocycles. The Bertz CT molecular complexity index is 399. The van der Waals surface area contributed by atoms with E-state index in [1.807, 2.05) is 0 Å². The minimum absolute atomic E-state index is 0.171. The molecule has 92 valence electrons. The molecule has 0 saturated heterocycles. The summed E-state index contributed by atoms with van der Waals surface area (Å²) in [6, 6.07) is 5.52. The van der Waals surface area contributed by atoms with Gasteiger partial charge in [-0.15, -0.1) is 0 Å². The SMILES string of the molecule is COC(=O)CC(Cc1ccc(F)cc1)C(=O)O. The number of esters is 1. The van der Waals surface area contributed by atoms with Crippen LogP contribution in [0.15, 0.2) is 24.3 Å². The molecule has 0 spiro atoms. The Morgan fingerprint density at radius 3 is 2.41 bits per heavy atom. The quantitative estimate of drug-likeness (QED) is 0.794. The fourth-order valence-corrected chi connectivity index (χ4v) is 1.44. The number of methoxy groups -OCH3 is 1. The summed E-state index contributed by atoms with van der Waals surface area (Å²) < 4.78 is 17.1. The Morgan fingerprint density at radius 1 is 1.35 bits per heavy atom. The standard InChI is InChI=1S/C12H13FO4/c1-17-11(14)7-9(12(15)16)6-8-2-4-10(13)5-3-8/h2-5,9H,6-7H2,1H3,(H,15,16). The second kappa shape index (κ2) is 5.98. The fraction of sp³-hybridized carbons (Fsp3) is 0.333. The van der Waals surface area contributed by atoms with E-state index >= 15 is 0 Å². The van der Waals surface area contributed by atoms with Gasteiger partial charge >= 0.3 is 11.9 Å². The number of carboxylic acid groups (broad SMARTS) is 1. The molecule has 0 bridgehead atoms. The minimum Gasteiger partial charge on any atom is -0.481 e.